The first-order chi connectivity index (χ1) is 10.8. The SMILES string of the molecule is ONC(=Nc1ccc2ccoc2c1)c1ccnc2nc[nH]c12. The number of amidine groups is 1. The summed E-state index contributed by atoms with van der Waals surface area (Å²) >= 11 is 0. The van der Waals surface area contributed by atoms with Gasteiger partial charge in [-0.15, -0.1) is 0 Å². The lowest BCUT2D eigenvalue weighted by atomic mass is 10.2. The van der Waals surface area contributed by atoms with Crippen molar-refractivity contribution in [3.05, 3.63) is 54.7 Å². The van der Waals surface area contributed by atoms with Crippen LogP contribution in [0, 0.1) is 0 Å². The second-order valence-corrected chi connectivity index (χ2v) is 4.67. The summed E-state index contributed by atoms with van der Waals surface area (Å²) in [5.41, 5.74) is 5.45. The first-order valence-electron chi connectivity index (χ1n) is 6.59. The lowest BCUT2D eigenvalue weighted by molar-refractivity contribution is 0.235. The average molecular weight is 293 g/mol. The van der Waals surface area contributed by atoms with E-state index in [2.05, 4.69) is 25.4 Å². The van der Waals surface area contributed by atoms with E-state index in [-0.39, 0.29) is 0 Å². The van der Waals surface area contributed by atoms with E-state index in [1.54, 1.807) is 30.9 Å². The summed E-state index contributed by atoms with van der Waals surface area (Å²) in [6.07, 6.45) is 4.78. The number of furan rings is 1. The summed E-state index contributed by atoms with van der Waals surface area (Å²) in [6, 6.07) is 9.18. The number of imidazole rings is 1. The number of benzene rings is 1. The highest BCUT2D eigenvalue weighted by Gasteiger charge is 2.10. The largest absolute Gasteiger partial charge is 0.464 e. The van der Waals surface area contributed by atoms with Crippen LogP contribution in [0.15, 0.2) is 58.5 Å². The molecule has 4 aromatic rings. The summed E-state index contributed by atoms with van der Waals surface area (Å²) in [5.74, 6) is 0.294. The van der Waals surface area contributed by atoms with E-state index in [0.717, 1.165) is 11.0 Å². The van der Waals surface area contributed by atoms with Crippen molar-refractivity contribution in [3.8, 4) is 0 Å². The van der Waals surface area contributed by atoms with Crippen molar-refractivity contribution in [1.82, 2.24) is 20.4 Å². The third-order valence-corrected chi connectivity index (χ3v) is 3.37. The fraction of sp³-hybridized carbons (Fsp3) is 0. The lowest BCUT2D eigenvalue weighted by Crippen LogP contribution is -2.20. The van der Waals surface area contributed by atoms with E-state index in [4.69, 9.17) is 4.42 Å². The van der Waals surface area contributed by atoms with Crippen LogP contribution in [0.1, 0.15) is 5.56 Å². The summed E-state index contributed by atoms with van der Waals surface area (Å²) in [5, 5.41) is 10.4. The first kappa shape index (κ1) is 12.5. The zero-order valence-electron chi connectivity index (χ0n) is 11.3. The van der Waals surface area contributed by atoms with Gasteiger partial charge in [0.1, 0.15) is 5.58 Å². The van der Waals surface area contributed by atoms with Crippen molar-refractivity contribution >= 4 is 33.7 Å². The molecule has 0 spiro atoms. The molecule has 3 N–H and O–H groups in total. The number of aromatic amines is 1. The third kappa shape index (κ3) is 2.00. The minimum absolute atomic E-state index is 0.294. The Kier molecular flexibility index (Phi) is 2.84. The quantitative estimate of drug-likeness (QED) is 0.300. The number of nitrogens with zero attached hydrogens (tertiary/aromatic N) is 3. The molecule has 108 valence electrons. The number of pyridine rings is 1. The molecule has 0 saturated carbocycles. The molecule has 3 aromatic heterocycles. The van der Waals surface area contributed by atoms with Gasteiger partial charge in [0.2, 0.25) is 0 Å². The maximum absolute atomic E-state index is 9.45. The minimum Gasteiger partial charge on any atom is -0.464 e. The van der Waals surface area contributed by atoms with Crippen LogP contribution in [-0.4, -0.2) is 26.0 Å². The van der Waals surface area contributed by atoms with E-state index < -0.39 is 0 Å². The number of hydrogen-bond donors (Lipinski definition) is 3. The number of rotatable bonds is 2. The molecule has 0 aliphatic carbocycles. The van der Waals surface area contributed by atoms with Gasteiger partial charge in [-0.2, -0.15) is 0 Å². The summed E-state index contributed by atoms with van der Waals surface area (Å²) in [7, 11) is 0. The van der Waals surface area contributed by atoms with E-state index >= 15 is 0 Å². The van der Waals surface area contributed by atoms with Crippen LogP contribution in [0.5, 0.6) is 0 Å². The van der Waals surface area contributed by atoms with Crippen LogP contribution in [0.25, 0.3) is 22.1 Å². The molecule has 0 amide bonds. The smallest absolute Gasteiger partial charge is 0.178 e. The van der Waals surface area contributed by atoms with E-state index in [1.807, 2.05) is 18.2 Å². The Morgan fingerprint density at radius 1 is 1.23 bits per heavy atom. The van der Waals surface area contributed by atoms with Crippen LogP contribution in [0.3, 0.4) is 0 Å². The van der Waals surface area contributed by atoms with Crippen LogP contribution in [-0.2, 0) is 0 Å². The van der Waals surface area contributed by atoms with Crippen LogP contribution in [0.2, 0.25) is 0 Å². The predicted molar refractivity (Wildman–Crippen MR) is 81.2 cm³/mol. The third-order valence-electron chi connectivity index (χ3n) is 3.37. The van der Waals surface area contributed by atoms with E-state index in [0.29, 0.717) is 28.3 Å². The number of fused-ring (bicyclic) bond motifs is 2. The van der Waals surface area contributed by atoms with Gasteiger partial charge in [-0.25, -0.2) is 15.0 Å². The topological polar surface area (TPSA) is 99.3 Å². The molecule has 0 aliphatic heterocycles. The minimum atomic E-state index is 0.294. The highest BCUT2D eigenvalue weighted by molar-refractivity contribution is 6.07. The van der Waals surface area contributed by atoms with Crippen LogP contribution >= 0.6 is 0 Å². The highest BCUT2D eigenvalue weighted by Crippen LogP contribution is 2.23. The summed E-state index contributed by atoms with van der Waals surface area (Å²) in [4.78, 5) is 15.6. The number of hydroxylamine groups is 1. The number of aliphatic imine (C=N–C) groups is 1. The number of H-pyrrole nitrogens is 1. The van der Waals surface area contributed by atoms with E-state index in [1.165, 1.54) is 0 Å². The Morgan fingerprint density at radius 2 is 2.18 bits per heavy atom. The molecule has 7 heteroatoms. The monoisotopic (exact) mass is 293 g/mol. The Hall–Kier alpha value is -3.19. The summed E-state index contributed by atoms with van der Waals surface area (Å²) < 4.78 is 5.36. The fourth-order valence-corrected chi connectivity index (χ4v) is 2.33. The van der Waals surface area contributed by atoms with Gasteiger partial charge >= 0.3 is 0 Å². The zero-order valence-corrected chi connectivity index (χ0v) is 11.3. The molecule has 4 rings (SSSR count). The van der Waals surface area contributed by atoms with Crippen molar-refractivity contribution in [2.45, 2.75) is 0 Å². The van der Waals surface area contributed by atoms with Crippen molar-refractivity contribution in [3.63, 3.8) is 0 Å². The molecule has 0 fully saturated rings. The number of aromatic nitrogens is 3. The molecule has 3 heterocycles. The van der Waals surface area contributed by atoms with Crippen LogP contribution < -0.4 is 5.48 Å². The second-order valence-electron chi connectivity index (χ2n) is 4.67. The number of nitrogens with one attached hydrogen (secondary N) is 2. The Balaban J connectivity index is 1.85. The Labute approximate surface area is 124 Å². The number of hydrogen-bond acceptors (Lipinski definition) is 5. The molecule has 7 nitrogen and oxygen atoms in total. The highest BCUT2D eigenvalue weighted by atomic mass is 16.5. The maximum Gasteiger partial charge on any atom is 0.178 e. The van der Waals surface area contributed by atoms with Crippen LogP contribution in [0.4, 0.5) is 5.69 Å². The first-order valence-corrected chi connectivity index (χ1v) is 6.59. The molecule has 0 saturated heterocycles. The van der Waals surface area contributed by atoms with Gasteiger partial charge < -0.3 is 9.40 Å². The molecular formula is C15H11N5O2. The standard InChI is InChI=1S/C15H11N5O2/c21-20-14(11-3-5-16-15-13(11)17-8-18-15)19-10-2-1-9-4-6-22-12(9)7-10/h1-8,21H,(H,19,20)(H,16,17,18). The van der Waals surface area contributed by atoms with Gasteiger partial charge in [-0.3, -0.25) is 10.7 Å². The molecular weight excluding hydrogens is 282 g/mol. The van der Waals surface area contributed by atoms with Crippen molar-refractivity contribution in [1.29, 1.82) is 0 Å². The van der Waals surface area contributed by atoms with Gasteiger partial charge in [0.15, 0.2) is 11.5 Å². The second kappa shape index (κ2) is 4.97. The molecule has 0 bridgehead atoms. The van der Waals surface area contributed by atoms with Crippen molar-refractivity contribution in [2.75, 3.05) is 0 Å². The molecule has 22 heavy (non-hydrogen) atoms. The Morgan fingerprint density at radius 3 is 3.09 bits per heavy atom. The predicted octanol–water partition coefficient (Wildman–Crippen LogP) is 2.76. The van der Waals surface area contributed by atoms with Crippen molar-refractivity contribution < 1.29 is 9.62 Å². The molecule has 0 aliphatic rings. The van der Waals surface area contributed by atoms with Gasteiger partial charge in [-0.1, -0.05) is 0 Å². The normalized spacial score (nSPS) is 12.1. The molecule has 0 radical (unpaired) electrons. The van der Waals surface area contributed by atoms with E-state index in [9.17, 15) is 5.21 Å². The fourth-order valence-electron chi connectivity index (χ4n) is 2.33. The van der Waals surface area contributed by atoms with Gasteiger partial charge in [0.05, 0.1) is 23.8 Å². The summed E-state index contributed by atoms with van der Waals surface area (Å²) in [6.45, 7) is 0. The van der Waals surface area contributed by atoms with Gasteiger partial charge in [-0.05, 0) is 24.3 Å². The van der Waals surface area contributed by atoms with Crippen molar-refractivity contribution in [2.24, 2.45) is 4.99 Å². The Bertz CT molecular complexity index is 986. The maximum atomic E-state index is 9.45. The molecule has 0 unspecified atom stereocenters. The lowest BCUT2D eigenvalue weighted by Gasteiger charge is -2.06. The molecule has 0 atom stereocenters. The molecule has 1 aromatic carbocycles. The zero-order chi connectivity index (χ0) is 14.9. The van der Waals surface area contributed by atoms with Gasteiger partial charge in [0.25, 0.3) is 0 Å². The van der Waals surface area contributed by atoms with Gasteiger partial charge in [0, 0.05) is 23.2 Å². The average Bonchev–Trinajstić information content (AvgIpc) is 3.20.